The van der Waals surface area contributed by atoms with Crippen LogP contribution < -0.4 is 10.1 Å². The quantitative estimate of drug-likeness (QED) is 0.421. The third-order valence-corrected chi connectivity index (χ3v) is 5.26. The molecule has 1 amide bonds. The van der Waals surface area contributed by atoms with E-state index in [1.165, 1.54) is 0 Å². The zero-order valence-electron chi connectivity index (χ0n) is 17.0. The molecule has 7 nitrogen and oxygen atoms in total. The maximum absolute atomic E-state index is 12.5. The number of nitrogens with zero attached hydrogens (tertiary/aromatic N) is 4. The van der Waals surface area contributed by atoms with Gasteiger partial charge < -0.3 is 10.1 Å². The lowest BCUT2D eigenvalue weighted by Gasteiger charge is -2.15. The summed E-state index contributed by atoms with van der Waals surface area (Å²) >= 11 is 6.29. The Balaban J connectivity index is 1.39. The lowest BCUT2D eigenvalue weighted by molar-refractivity contribution is -0.122. The van der Waals surface area contributed by atoms with E-state index in [9.17, 15) is 4.79 Å². The highest BCUT2D eigenvalue weighted by molar-refractivity contribution is 6.33. The molecule has 1 N–H and O–H groups in total. The third kappa shape index (κ3) is 4.67. The molecule has 4 rings (SSSR count). The minimum atomic E-state index is -0.175. The first-order chi connectivity index (χ1) is 15.2. The van der Waals surface area contributed by atoms with Gasteiger partial charge >= 0.3 is 0 Å². The second-order valence-corrected chi connectivity index (χ2v) is 7.36. The Morgan fingerprint density at radius 1 is 1.06 bits per heavy atom. The van der Waals surface area contributed by atoms with Crippen molar-refractivity contribution in [3.05, 3.63) is 77.3 Å². The lowest BCUT2D eigenvalue weighted by Crippen LogP contribution is -2.32. The summed E-state index contributed by atoms with van der Waals surface area (Å²) in [6, 6.07) is 20.7. The van der Waals surface area contributed by atoms with Crippen molar-refractivity contribution < 1.29 is 9.53 Å². The Morgan fingerprint density at radius 3 is 2.61 bits per heavy atom. The maximum atomic E-state index is 12.5. The van der Waals surface area contributed by atoms with Crippen molar-refractivity contribution in [2.45, 2.75) is 19.3 Å². The van der Waals surface area contributed by atoms with Gasteiger partial charge in [0.15, 0.2) is 11.5 Å². The Bertz CT molecular complexity index is 1180. The number of benzene rings is 2. The highest BCUT2D eigenvalue weighted by Crippen LogP contribution is 2.26. The van der Waals surface area contributed by atoms with E-state index in [2.05, 4.69) is 20.6 Å². The summed E-state index contributed by atoms with van der Waals surface area (Å²) in [7, 11) is 0. The van der Waals surface area contributed by atoms with Gasteiger partial charge in [0.25, 0.3) is 0 Å². The van der Waals surface area contributed by atoms with Crippen molar-refractivity contribution in [3.63, 3.8) is 0 Å². The van der Waals surface area contributed by atoms with Gasteiger partial charge in [0.2, 0.25) is 11.8 Å². The van der Waals surface area contributed by atoms with Gasteiger partial charge in [-0.15, -0.1) is 15.3 Å². The number of nitrogens with one attached hydrogen (secondary N) is 1. The van der Waals surface area contributed by atoms with Crippen LogP contribution in [0.1, 0.15) is 24.8 Å². The van der Waals surface area contributed by atoms with Crippen LogP contribution in [0, 0.1) is 0 Å². The van der Waals surface area contributed by atoms with Gasteiger partial charge in [0.05, 0.1) is 17.5 Å². The number of halogens is 1. The molecule has 0 saturated heterocycles. The molecule has 1 unspecified atom stereocenters. The second-order valence-electron chi connectivity index (χ2n) is 6.96. The van der Waals surface area contributed by atoms with Crippen molar-refractivity contribution in [2.75, 3.05) is 13.2 Å². The fraction of sp³-hybridized carbons (Fsp3) is 0.217. The molecule has 2 aromatic carbocycles. The number of fused-ring (bicyclic) bond motifs is 1. The lowest BCUT2D eigenvalue weighted by atomic mass is 9.96. The summed E-state index contributed by atoms with van der Waals surface area (Å²) < 4.78 is 7.33. The first-order valence-electron chi connectivity index (χ1n) is 10.1. The van der Waals surface area contributed by atoms with Gasteiger partial charge in [0, 0.05) is 11.6 Å². The fourth-order valence-electron chi connectivity index (χ4n) is 3.37. The Morgan fingerprint density at radius 2 is 1.84 bits per heavy atom. The molecule has 0 saturated carbocycles. The van der Waals surface area contributed by atoms with E-state index in [1.807, 2.05) is 55.5 Å². The van der Waals surface area contributed by atoms with Crippen LogP contribution in [-0.4, -0.2) is 38.9 Å². The normalized spacial score (nSPS) is 11.9. The van der Waals surface area contributed by atoms with Crippen molar-refractivity contribution in [3.8, 4) is 17.3 Å². The Kier molecular flexibility index (Phi) is 6.43. The molecule has 1 atom stereocenters. The monoisotopic (exact) mass is 435 g/mol. The van der Waals surface area contributed by atoms with Crippen molar-refractivity contribution in [1.29, 1.82) is 0 Å². The summed E-state index contributed by atoms with van der Waals surface area (Å²) in [6.45, 7) is 2.67. The molecule has 0 spiro atoms. The average Bonchev–Trinajstić information content (AvgIpc) is 3.21. The van der Waals surface area contributed by atoms with Crippen LogP contribution in [0.5, 0.6) is 5.88 Å². The first kappa shape index (κ1) is 20.8. The minimum Gasteiger partial charge on any atom is -0.475 e. The van der Waals surface area contributed by atoms with Crippen LogP contribution >= 0.6 is 11.6 Å². The molecule has 4 aromatic rings. The average molecular weight is 436 g/mol. The van der Waals surface area contributed by atoms with E-state index in [1.54, 1.807) is 22.7 Å². The van der Waals surface area contributed by atoms with Crippen LogP contribution in [0.2, 0.25) is 5.02 Å². The van der Waals surface area contributed by atoms with Gasteiger partial charge in [-0.1, -0.05) is 61.0 Å². The minimum absolute atomic E-state index is 0.0134. The molecule has 0 bridgehead atoms. The number of aromatic nitrogens is 4. The predicted octanol–water partition coefficient (Wildman–Crippen LogP) is 4.13. The zero-order chi connectivity index (χ0) is 21.6. The van der Waals surface area contributed by atoms with E-state index >= 15 is 0 Å². The van der Waals surface area contributed by atoms with E-state index < -0.39 is 0 Å². The van der Waals surface area contributed by atoms with Crippen LogP contribution in [0.3, 0.4) is 0 Å². The van der Waals surface area contributed by atoms with Crippen LogP contribution in [0.25, 0.3) is 17.0 Å². The molecule has 2 aromatic heterocycles. The number of ether oxygens (including phenoxy) is 1. The molecule has 8 heteroatoms. The summed E-state index contributed by atoms with van der Waals surface area (Å²) in [6.07, 6.45) is 0.730. The molecule has 0 fully saturated rings. The van der Waals surface area contributed by atoms with Crippen molar-refractivity contribution in [1.82, 2.24) is 25.1 Å². The summed E-state index contributed by atoms with van der Waals surface area (Å²) in [5.74, 6) is 0.754. The van der Waals surface area contributed by atoms with Crippen LogP contribution in [0.4, 0.5) is 0 Å². The predicted molar refractivity (Wildman–Crippen MR) is 119 cm³/mol. The zero-order valence-corrected chi connectivity index (χ0v) is 17.8. The molecular weight excluding hydrogens is 414 g/mol. The first-order valence-corrected chi connectivity index (χ1v) is 10.5. The van der Waals surface area contributed by atoms with Crippen molar-refractivity contribution >= 4 is 23.2 Å². The topological polar surface area (TPSA) is 81.4 Å². The van der Waals surface area contributed by atoms with Gasteiger partial charge in [-0.3, -0.25) is 4.79 Å². The number of hydrogen-bond acceptors (Lipinski definition) is 5. The van der Waals surface area contributed by atoms with Crippen LogP contribution in [-0.2, 0) is 4.79 Å². The molecule has 2 heterocycles. The number of rotatable bonds is 8. The van der Waals surface area contributed by atoms with E-state index in [-0.39, 0.29) is 11.8 Å². The molecule has 0 aliphatic rings. The van der Waals surface area contributed by atoms with E-state index in [0.717, 1.165) is 17.5 Å². The molecule has 0 aliphatic carbocycles. The van der Waals surface area contributed by atoms with Gasteiger partial charge in [0.1, 0.15) is 6.61 Å². The highest BCUT2D eigenvalue weighted by Gasteiger charge is 2.18. The summed E-state index contributed by atoms with van der Waals surface area (Å²) in [5.41, 5.74) is 2.33. The summed E-state index contributed by atoms with van der Waals surface area (Å²) in [4.78, 5) is 12.5. The number of carbonyl (C=O) groups is 1. The third-order valence-electron chi connectivity index (χ3n) is 4.93. The highest BCUT2D eigenvalue weighted by atomic mass is 35.5. The Labute approximate surface area is 185 Å². The molecule has 0 radical (unpaired) electrons. The Hall–Kier alpha value is -3.45. The smallest absolute Gasteiger partial charge is 0.231 e. The van der Waals surface area contributed by atoms with Crippen molar-refractivity contribution in [2.24, 2.45) is 0 Å². The fourth-order valence-corrected chi connectivity index (χ4v) is 3.59. The van der Waals surface area contributed by atoms with E-state index in [4.69, 9.17) is 16.3 Å². The van der Waals surface area contributed by atoms with Gasteiger partial charge in [-0.2, -0.15) is 4.52 Å². The van der Waals surface area contributed by atoms with Crippen LogP contribution in [0.15, 0.2) is 66.7 Å². The van der Waals surface area contributed by atoms with Gasteiger partial charge in [-0.25, -0.2) is 0 Å². The number of carbonyl (C=O) groups excluding carboxylic acids is 1. The largest absolute Gasteiger partial charge is 0.475 e. The summed E-state index contributed by atoms with van der Waals surface area (Å²) in [5, 5.41) is 16.3. The molecule has 31 heavy (non-hydrogen) atoms. The second kappa shape index (κ2) is 9.57. The maximum Gasteiger partial charge on any atom is 0.231 e. The molecular formula is C23H22ClN5O2. The van der Waals surface area contributed by atoms with E-state index in [0.29, 0.717) is 35.5 Å². The molecule has 0 aliphatic heterocycles. The van der Waals surface area contributed by atoms with Gasteiger partial charge in [-0.05, 0) is 30.2 Å². The number of amides is 1. The standard InChI is InChI=1S/C23H22ClN5O2/c1-2-17(16-8-4-3-5-9-16)23(30)25-14-15-31-21-13-12-20-26-27-22(29(20)28-21)18-10-6-7-11-19(18)24/h3-13,17H,2,14-15H2,1H3,(H,25,30). The molecule has 158 valence electrons. The number of hydrogen-bond donors (Lipinski definition) is 1. The SMILES string of the molecule is CCC(C(=O)NCCOc1ccc2nnc(-c3ccccc3Cl)n2n1)c1ccccc1.